The van der Waals surface area contributed by atoms with Crippen molar-refractivity contribution in [3.63, 3.8) is 0 Å². The maximum absolute atomic E-state index is 12.9. The lowest BCUT2D eigenvalue weighted by atomic mass is 9.74. The number of carbonyl (C=O) groups excluding carboxylic acids is 1. The van der Waals surface area contributed by atoms with E-state index in [0.29, 0.717) is 24.1 Å². The molecule has 8 nitrogen and oxygen atoms in total. The van der Waals surface area contributed by atoms with Crippen molar-refractivity contribution in [2.45, 2.75) is 36.6 Å². The highest BCUT2D eigenvalue weighted by molar-refractivity contribution is 7.89. The number of amides is 1. The fraction of sp³-hybridized carbons (Fsp3) is 0.333. The first-order chi connectivity index (χ1) is 18.8. The second-order valence-electron chi connectivity index (χ2n) is 10.7. The Morgan fingerprint density at radius 1 is 1.03 bits per heavy atom. The van der Waals surface area contributed by atoms with E-state index in [4.69, 9.17) is 5.10 Å². The highest BCUT2D eigenvalue weighted by Crippen LogP contribution is 2.42. The third-order valence-electron chi connectivity index (χ3n) is 8.21. The van der Waals surface area contributed by atoms with Crippen LogP contribution in [0.25, 0.3) is 22.0 Å². The Morgan fingerprint density at radius 3 is 2.51 bits per heavy atom. The molecule has 3 fully saturated rings. The van der Waals surface area contributed by atoms with E-state index in [0.717, 1.165) is 37.2 Å². The number of rotatable bonds is 7. The zero-order valence-electron chi connectivity index (χ0n) is 22.2. The van der Waals surface area contributed by atoms with E-state index in [-0.39, 0.29) is 16.8 Å². The van der Waals surface area contributed by atoms with Gasteiger partial charge in [-0.15, -0.1) is 0 Å². The molecular weight excluding hydrogens is 510 g/mol. The third kappa shape index (κ3) is 5.22. The largest absolute Gasteiger partial charge is 0.326 e. The van der Waals surface area contributed by atoms with Gasteiger partial charge in [-0.05, 0) is 72.5 Å². The van der Waals surface area contributed by atoms with E-state index in [9.17, 15) is 13.2 Å². The molecule has 1 unspecified atom stereocenters. The minimum absolute atomic E-state index is 0.168. The average molecular weight is 544 g/mol. The van der Waals surface area contributed by atoms with Crippen molar-refractivity contribution < 1.29 is 13.2 Å². The van der Waals surface area contributed by atoms with Crippen molar-refractivity contribution in [2.24, 2.45) is 13.0 Å². The van der Waals surface area contributed by atoms with Gasteiger partial charge in [-0.1, -0.05) is 36.4 Å². The number of aryl methyl sites for hydroxylation is 1. The van der Waals surface area contributed by atoms with Crippen LogP contribution in [0.1, 0.15) is 31.4 Å². The monoisotopic (exact) mass is 543 g/mol. The molecule has 7 rings (SSSR count). The fourth-order valence-electron chi connectivity index (χ4n) is 6.21. The van der Waals surface area contributed by atoms with E-state index < -0.39 is 10.0 Å². The predicted octanol–water partition coefficient (Wildman–Crippen LogP) is 4.36. The summed E-state index contributed by atoms with van der Waals surface area (Å²) in [6.45, 7) is 3.68. The van der Waals surface area contributed by atoms with Crippen molar-refractivity contribution in [3.8, 4) is 11.3 Å². The molecule has 9 heteroatoms. The third-order valence-corrected chi connectivity index (χ3v) is 9.65. The van der Waals surface area contributed by atoms with Crippen LogP contribution in [0.3, 0.4) is 0 Å². The molecule has 1 aromatic heterocycles. The van der Waals surface area contributed by atoms with Crippen molar-refractivity contribution in [1.29, 1.82) is 0 Å². The van der Waals surface area contributed by atoms with Gasteiger partial charge in [-0.2, -0.15) is 5.10 Å². The first kappa shape index (κ1) is 25.7. The van der Waals surface area contributed by atoms with Gasteiger partial charge in [-0.3, -0.25) is 14.4 Å². The normalized spacial score (nSPS) is 22.7. The van der Waals surface area contributed by atoms with E-state index in [1.807, 2.05) is 11.7 Å². The number of fused-ring (bicyclic) bond motifs is 4. The summed E-state index contributed by atoms with van der Waals surface area (Å²) in [7, 11) is -1.61. The SMILES string of the molecule is CC(=O)Nc1ccc(S(=O)(=O)NC[C@H]2C[C@@H]3CCN2C[C@@H]3c2cc(-c3ccc4ccccc4c3)nn2C)cc1. The number of piperidine rings is 3. The molecule has 3 aromatic carbocycles. The molecule has 39 heavy (non-hydrogen) atoms. The minimum atomic E-state index is -3.64. The summed E-state index contributed by atoms with van der Waals surface area (Å²) in [5, 5.41) is 9.96. The first-order valence-electron chi connectivity index (χ1n) is 13.4. The standard InChI is InChI=1S/C30H33N5O3S/c1-20(36)32-25-9-11-27(12-10-25)39(37,38)31-18-26-16-23-13-14-35(26)19-28(23)30-17-29(33-34(30)2)24-8-7-21-5-3-4-6-22(21)15-24/h3-12,15,17,23,26,28,31H,13-14,16,18-19H2,1-2H3,(H,32,36)/t23-,26+,28-/m0/s1. The molecular formula is C30H33N5O3S. The summed E-state index contributed by atoms with van der Waals surface area (Å²) >= 11 is 0. The fourth-order valence-corrected chi connectivity index (χ4v) is 7.29. The van der Waals surface area contributed by atoms with Crippen LogP contribution in [0, 0.1) is 5.92 Å². The topological polar surface area (TPSA) is 96.3 Å². The number of sulfonamides is 1. The molecule has 202 valence electrons. The van der Waals surface area contributed by atoms with Crippen LogP contribution in [-0.4, -0.2) is 54.7 Å². The molecule has 0 aliphatic carbocycles. The van der Waals surface area contributed by atoms with Gasteiger partial charge in [0.25, 0.3) is 0 Å². The molecule has 2 bridgehead atoms. The van der Waals surface area contributed by atoms with E-state index in [1.54, 1.807) is 12.1 Å². The second kappa shape index (κ2) is 10.2. The Bertz CT molecular complexity index is 1630. The molecule has 4 atom stereocenters. The van der Waals surface area contributed by atoms with Gasteiger partial charge in [0.1, 0.15) is 0 Å². The quantitative estimate of drug-likeness (QED) is 0.361. The predicted molar refractivity (Wildman–Crippen MR) is 153 cm³/mol. The zero-order chi connectivity index (χ0) is 27.1. The van der Waals surface area contributed by atoms with Crippen molar-refractivity contribution in [1.82, 2.24) is 19.4 Å². The van der Waals surface area contributed by atoms with Gasteiger partial charge >= 0.3 is 0 Å². The van der Waals surface area contributed by atoms with Gasteiger partial charge in [0.15, 0.2) is 0 Å². The summed E-state index contributed by atoms with van der Waals surface area (Å²) in [6, 6.07) is 23.5. The molecule has 3 aliphatic rings. The van der Waals surface area contributed by atoms with E-state index in [1.165, 1.54) is 35.5 Å². The van der Waals surface area contributed by atoms with Crippen molar-refractivity contribution in [2.75, 3.05) is 25.0 Å². The Labute approximate surface area is 229 Å². The number of nitrogens with one attached hydrogen (secondary N) is 2. The van der Waals surface area contributed by atoms with Gasteiger partial charge in [-0.25, -0.2) is 13.1 Å². The Balaban J connectivity index is 1.13. The Kier molecular flexibility index (Phi) is 6.74. The van der Waals surface area contributed by atoms with Crippen LogP contribution in [0.15, 0.2) is 77.7 Å². The van der Waals surface area contributed by atoms with Gasteiger partial charge < -0.3 is 5.32 Å². The zero-order valence-corrected chi connectivity index (χ0v) is 23.0. The molecule has 4 aromatic rings. The van der Waals surface area contributed by atoms with Gasteiger partial charge in [0.05, 0.1) is 10.6 Å². The number of anilines is 1. The lowest BCUT2D eigenvalue weighted by molar-refractivity contribution is -0.114. The van der Waals surface area contributed by atoms with Crippen LogP contribution >= 0.6 is 0 Å². The number of benzene rings is 3. The number of aromatic nitrogens is 2. The smallest absolute Gasteiger partial charge is 0.240 e. The summed E-state index contributed by atoms with van der Waals surface area (Å²) in [4.78, 5) is 13.8. The molecule has 2 N–H and O–H groups in total. The molecule has 4 heterocycles. The molecule has 0 saturated carbocycles. The lowest BCUT2D eigenvalue weighted by Crippen LogP contribution is -2.56. The van der Waals surface area contributed by atoms with Crippen LogP contribution in [-0.2, 0) is 21.9 Å². The number of hydrogen-bond donors (Lipinski definition) is 2. The van der Waals surface area contributed by atoms with Gasteiger partial charge in [0, 0.05) is 56.0 Å². The first-order valence-corrected chi connectivity index (χ1v) is 14.9. The summed E-state index contributed by atoms with van der Waals surface area (Å²) in [6.07, 6.45) is 2.06. The maximum atomic E-state index is 12.9. The minimum Gasteiger partial charge on any atom is -0.326 e. The second-order valence-corrected chi connectivity index (χ2v) is 12.5. The number of carbonyl (C=O) groups is 1. The molecule has 3 saturated heterocycles. The average Bonchev–Trinajstić information content (AvgIpc) is 3.33. The van der Waals surface area contributed by atoms with Crippen LogP contribution in [0.2, 0.25) is 0 Å². The lowest BCUT2D eigenvalue weighted by Gasteiger charge is -2.49. The molecule has 3 aliphatic heterocycles. The summed E-state index contributed by atoms with van der Waals surface area (Å²) < 4.78 is 30.7. The Morgan fingerprint density at radius 2 is 1.79 bits per heavy atom. The molecule has 0 spiro atoms. The van der Waals surface area contributed by atoms with Gasteiger partial charge in [0.2, 0.25) is 15.9 Å². The number of nitrogens with zero attached hydrogens (tertiary/aromatic N) is 3. The molecule has 1 amide bonds. The van der Waals surface area contributed by atoms with Crippen LogP contribution in [0.4, 0.5) is 5.69 Å². The van der Waals surface area contributed by atoms with Crippen molar-refractivity contribution >= 4 is 32.4 Å². The Hall–Kier alpha value is -3.53. The van der Waals surface area contributed by atoms with Crippen LogP contribution in [0.5, 0.6) is 0 Å². The van der Waals surface area contributed by atoms with E-state index in [2.05, 4.69) is 63.5 Å². The van der Waals surface area contributed by atoms with Crippen LogP contribution < -0.4 is 10.0 Å². The highest BCUT2D eigenvalue weighted by Gasteiger charge is 2.42. The molecule has 0 radical (unpaired) electrons. The summed E-state index contributed by atoms with van der Waals surface area (Å²) in [5.74, 6) is 0.667. The van der Waals surface area contributed by atoms with E-state index >= 15 is 0 Å². The summed E-state index contributed by atoms with van der Waals surface area (Å²) in [5.41, 5.74) is 3.92. The number of hydrogen-bond acceptors (Lipinski definition) is 5. The maximum Gasteiger partial charge on any atom is 0.240 e. The highest BCUT2D eigenvalue weighted by atomic mass is 32.2. The van der Waals surface area contributed by atoms with Crippen molar-refractivity contribution in [3.05, 3.63) is 78.5 Å².